The molecule has 0 radical (unpaired) electrons. The Labute approximate surface area is 106 Å². The van der Waals surface area contributed by atoms with Gasteiger partial charge < -0.3 is 5.11 Å². The van der Waals surface area contributed by atoms with E-state index in [4.69, 9.17) is 0 Å². The van der Waals surface area contributed by atoms with Crippen LogP contribution in [0.25, 0.3) is 16.7 Å². The molecule has 94 valence electrons. The summed E-state index contributed by atoms with van der Waals surface area (Å²) in [6.45, 7) is 0. The second kappa shape index (κ2) is 4.16. The first kappa shape index (κ1) is 11.3. The molecule has 0 saturated heterocycles. The van der Waals surface area contributed by atoms with Crippen LogP contribution in [0.5, 0.6) is 5.75 Å². The molecule has 0 amide bonds. The van der Waals surface area contributed by atoms with E-state index in [9.17, 15) is 14.3 Å². The molecular weight excluding hydrogens is 249 g/mol. The number of phenolic OH excluding ortho intramolecular Hbond substituents is 1. The van der Waals surface area contributed by atoms with Crippen LogP contribution in [-0.4, -0.2) is 19.6 Å². The minimum absolute atomic E-state index is 0.239. The van der Waals surface area contributed by atoms with Crippen molar-refractivity contribution in [2.45, 2.75) is 0 Å². The summed E-state index contributed by atoms with van der Waals surface area (Å²) >= 11 is 0. The Morgan fingerprint density at radius 3 is 2.79 bits per heavy atom. The molecule has 0 unspecified atom stereocenters. The Kier molecular flexibility index (Phi) is 2.49. The second-order valence-corrected chi connectivity index (χ2v) is 3.90. The van der Waals surface area contributed by atoms with Crippen molar-refractivity contribution in [2.75, 3.05) is 0 Å². The highest BCUT2D eigenvalue weighted by atomic mass is 19.1. The quantitative estimate of drug-likeness (QED) is 0.719. The fourth-order valence-electron chi connectivity index (χ4n) is 1.90. The van der Waals surface area contributed by atoms with Crippen LogP contribution >= 0.6 is 0 Å². The van der Waals surface area contributed by atoms with Gasteiger partial charge in [-0.05, 0) is 24.3 Å². The van der Waals surface area contributed by atoms with E-state index >= 15 is 0 Å². The van der Waals surface area contributed by atoms with Crippen molar-refractivity contribution in [3.05, 3.63) is 59.0 Å². The number of halogens is 1. The van der Waals surface area contributed by atoms with Crippen molar-refractivity contribution in [2.24, 2.45) is 0 Å². The molecule has 0 aliphatic rings. The van der Waals surface area contributed by atoms with E-state index in [0.29, 0.717) is 5.39 Å². The fourth-order valence-corrected chi connectivity index (χ4v) is 1.90. The number of para-hydroxylation sites is 1. The first-order valence-corrected chi connectivity index (χ1v) is 5.49. The topological polar surface area (TPSA) is 68.0 Å². The molecule has 19 heavy (non-hydrogen) atoms. The lowest BCUT2D eigenvalue weighted by molar-refractivity contribution is 0.464. The first-order valence-electron chi connectivity index (χ1n) is 5.49. The van der Waals surface area contributed by atoms with Gasteiger partial charge in [0.05, 0.1) is 0 Å². The van der Waals surface area contributed by atoms with Gasteiger partial charge in [0.2, 0.25) is 0 Å². The summed E-state index contributed by atoms with van der Waals surface area (Å²) in [5, 5.41) is 10.3. The van der Waals surface area contributed by atoms with Gasteiger partial charge in [-0.2, -0.15) is 0 Å². The number of benzene rings is 1. The molecule has 1 aromatic carbocycles. The molecule has 0 atom stereocenters. The predicted molar refractivity (Wildman–Crippen MR) is 66.8 cm³/mol. The average Bonchev–Trinajstić information content (AvgIpc) is 2.41. The van der Waals surface area contributed by atoms with Crippen molar-refractivity contribution >= 4 is 11.0 Å². The molecule has 0 aliphatic heterocycles. The van der Waals surface area contributed by atoms with Gasteiger partial charge in [-0.3, -0.25) is 0 Å². The summed E-state index contributed by atoms with van der Waals surface area (Å²) in [5.74, 6) is -1.07. The van der Waals surface area contributed by atoms with Gasteiger partial charge in [-0.25, -0.2) is 23.7 Å². The molecule has 0 aliphatic carbocycles. The maximum absolute atomic E-state index is 13.9. The molecule has 5 nitrogen and oxygen atoms in total. The number of phenols is 1. The Morgan fingerprint density at radius 1 is 1.16 bits per heavy atom. The van der Waals surface area contributed by atoms with Crippen LogP contribution in [0.2, 0.25) is 0 Å². The van der Waals surface area contributed by atoms with E-state index in [2.05, 4.69) is 9.97 Å². The van der Waals surface area contributed by atoms with Crippen molar-refractivity contribution in [1.29, 1.82) is 0 Å². The maximum Gasteiger partial charge on any atom is 0.354 e. The van der Waals surface area contributed by atoms with E-state index < -0.39 is 11.5 Å². The van der Waals surface area contributed by atoms with Crippen LogP contribution < -0.4 is 5.69 Å². The van der Waals surface area contributed by atoms with Gasteiger partial charge in [-0.1, -0.05) is 6.07 Å². The zero-order chi connectivity index (χ0) is 13.4. The monoisotopic (exact) mass is 257 g/mol. The molecule has 3 aromatic rings. The second-order valence-electron chi connectivity index (χ2n) is 3.90. The van der Waals surface area contributed by atoms with Gasteiger partial charge >= 0.3 is 5.69 Å². The lowest BCUT2D eigenvalue weighted by Gasteiger charge is -2.10. The Balaban J connectivity index is 2.49. The largest absolute Gasteiger partial charge is 0.506 e. The van der Waals surface area contributed by atoms with E-state index in [-0.39, 0.29) is 17.1 Å². The zero-order valence-electron chi connectivity index (χ0n) is 9.62. The van der Waals surface area contributed by atoms with E-state index in [0.717, 1.165) is 10.6 Å². The van der Waals surface area contributed by atoms with Crippen LogP contribution in [-0.2, 0) is 0 Å². The first-order chi connectivity index (χ1) is 9.18. The van der Waals surface area contributed by atoms with Gasteiger partial charge in [-0.15, -0.1) is 0 Å². The standard InChI is InChI=1S/C13H8FN3O2/c14-9-4-1-5-10(18)11(9)17-12-8(3-2-6-15-12)7-16-13(17)19/h1-7,18H. The van der Waals surface area contributed by atoms with E-state index in [1.165, 1.54) is 24.5 Å². The number of fused-ring (bicyclic) bond motifs is 1. The molecule has 0 saturated carbocycles. The minimum atomic E-state index is -0.720. The number of aromatic nitrogens is 3. The summed E-state index contributed by atoms with van der Waals surface area (Å²) in [5.41, 5.74) is -0.709. The minimum Gasteiger partial charge on any atom is -0.506 e. The Hall–Kier alpha value is -2.76. The molecule has 0 bridgehead atoms. The normalized spacial score (nSPS) is 10.8. The number of hydrogen-bond donors (Lipinski definition) is 1. The van der Waals surface area contributed by atoms with Gasteiger partial charge in [0.15, 0.2) is 5.82 Å². The molecule has 2 heterocycles. The van der Waals surface area contributed by atoms with Crippen molar-refractivity contribution < 1.29 is 9.50 Å². The van der Waals surface area contributed by atoms with Gasteiger partial charge in [0.1, 0.15) is 17.1 Å². The maximum atomic E-state index is 13.9. The smallest absolute Gasteiger partial charge is 0.354 e. The third-order valence-corrected chi connectivity index (χ3v) is 2.72. The predicted octanol–water partition coefficient (Wildman–Crippen LogP) is 1.63. The fraction of sp³-hybridized carbons (Fsp3) is 0. The number of nitrogens with zero attached hydrogens (tertiary/aromatic N) is 3. The van der Waals surface area contributed by atoms with E-state index in [1.54, 1.807) is 12.1 Å². The number of rotatable bonds is 1. The molecule has 3 rings (SSSR count). The van der Waals surface area contributed by atoms with Crippen LogP contribution in [0, 0.1) is 5.82 Å². The van der Waals surface area contributed by atoms with Crippen molar-refractivity contribution in [1.82, 2.24) is 14.5 Å². The van der Waals surface area contributed by atoms with Gasteiger partial charge in [0, 0.05) is 17.8 Å². The lowest BCUT2D eigenvalue weighted by Crippen LogP contribution is -2.22. The number of hydrogen-bond acceptors (Lipinski definition) is 4. The lowest BCUT2D eigenvalue weighted by atomic mass is 10.2. The van der Waals surface area contributed by atoms with E-state index in [1.807, 2.05) is 0 Å². The van der Waals surface area contributed by atoms with Crippen LogP contribution in [0.4, 0.5) is 4.39 Å². The number of pyridine rings is 1. The summed E-state index contributed by atoms with van der Waals surface area (Å²) in [6, 6.07) is 7.18. The average molecular weight is 257 g/mol. The molecule has 6 heteroatoms. The number of aromatic hydroxyl groups is 1. The Morgan fingerprint density at radius 2 is 2.00 bits per heavy atom. The molecule has 0 fully saturated rings. The van der Waals surface area contributed by atoms with Gasteiger partial charge in [0.25, 0.3) is 0 Å². The molecule has 2 aromatic heterocycles. The van der Waals surface area contributed by atoms with Crippen LogP contribution in [0.15, 0.2) is 47.5 Å². The summed E-state index contributed by atoms with van der Waals surface area (Å²) < 4.78 is 14.8. The highest BCUT2D eigenvalue weighted by molar-refractivity contribution is 5.75. The SMILES string of the molecule is O=c1ncc2cccnc2n1-c1c(O)cccc1F. The third kappa shape index (κ3) is 1.74. The molecular formula is C13H8FN3O2. The van der Waals surface area contributed by atoms with Crippen LogP contribution in [0.3, 0.4) is 0 Å². The summed E-state index contributed by atoms with van der Waals surface area (Å²) in [7, 11) is 0. The summed E-state index contributed by atoms with van der Waals surface area (Å²) in [6.07, 6.45) is 2.84. The highest BCUT2D eigenvalue weighted by Crippen LogP contribution is 2.25. The molecule has 1 N–H and O–H groups in total. The zero-order valence-corrected chi connectivity index (χ0v) is 9.62. The van der Waals surface area contributed by atoms with Crippen molar-refractivity contribution in [3.63, 3.8) is 0 Å². The van der Waals surface area contributed by atoms with Crippen molar-refractivity contribution in [3.8, 4) is 11.4 Å². The molecule has 0 spiro atoms. The Bertz CT molecular complexity index is 809. The highest BCUT2D eigenvalue weighted by Gasteiger charge is 2.15. The third-order valence-electron chi connectivity index (χ3n) is 2.72. The summed E-state index contributed by atoms with van der Waals surface area (Å²) in [4.78, 5) is 19.6. The van der Waals surface area contributed by atoms with Crippen LogP contribution in [0.1, 0.15) is 0 Å².